The van der Waals surface area contributed by atoms with Crippen LogP contribution in [-0.4, -0.2) is 75.2 Å². The predicted molar refractivity (Wildman–Crippen MR) is 79.2 cm³/mol. The van der Waals surface area contributed by atoms with Gasteiger partial charge >= 0.3 is 17.5 Å². The van der Waals surface area contributed by atoms with Crippen LogP contribution >= 0.6 is 0 Å². The van der Waals surface area contributed by atoms with E-state index in [2.05, 4.69) is 5.27 Å². The molecule has 0 saturated carbocycles. The molecule has 0 aliphatic carbocycles. The van der Waals surface area contributed by atoms with E-state index in [0.717, 1.165) is 4.31 Å². The quantitative estimate of drug-likeness (QED) is 0.468. The summed E-state index contributed by atoms with van der Waals surface area (Å²) in [6.07, 6.45) is 0. The summed E-state index contributed by atoms with van der Waals surface area (Å²) in [5.41, 5.74) is 5.62. The minimum atomic E-state index is -3.46. The molecule has 0 amide bonds. The van der Waals surface area contributed by atoms with E-state index in [4.69, 9.17) is 15.0 Å². The van der Waals surface area contributed by atoms with Crippen LogP contribution < -0.4 is 15.5 Å². The highest BCUT2D eigenvalue weighted by molar-refractivity contribution is 7.86. The number of ether oxygens (including phenoxy) is 1. The van der Waals surface area contributed by atoms with Gasteiger partial charge in [-0.1, -0.05) is 0 Å². The summed E-state index contributed by atoms with van der Waals surface area (Å²) in [5.74, 6) is -0.790. The van der Waals surface area contributed by atoms with Gasteiger partial charge < -0.3 is 10.5 Å². The van der Waals surface area contributed by atoms with Crippen LogP contribution in [0.5, 0.6) is 0 Å². The lowest BCUT2D eigenvalue weighted by atomic mass is 10.4. The van der Waals surface area contributed by atoms with Gasteiger partial charge in [-0.15, -0.1) is 5.01 Å². The van der Waals surface area contributed by atoms with Crippen molar-refractivity contribution in [2.45, 2.75) is 6.92 Å². The Bertz CT molecular complexity index is 664. The number of rotatable bonds is 5. The number of nitrogens with two attached hydrogens (primary N) is 1. The van der Waals surface area contributed by atoms with Gasteiger partial charge in [0.15, 0.2) is 0 Å². The molecule has 12 heteroatoms. The van der Waals surface area contributed by atoms with E-state index in [-0.39, 0.29) is 31.3 Å². The first-order valence-corrected chi connectivity index (χ1v) is 8.46. The number of anilines is 1. The minimum absolute atomic E-state index is 0.00392. The van der Waals surface area contributed by atoms with Crippen LogP contribution in [0.15, 0.2) is 4.52 Å². The third-order valence-corrected chi connectivity index (χ3v) is 5.33. The van der Waals surface area contributed by atoms with Gasteiger partial charge in [0.25, 0.3) is 10.2 Å². The highest BCUT2D eigenvalue weighted by atomic mass is 32.2. The van der Waals surface area contributed by atoms with Crippen LogP contribution in [0.2, 0.25) is 0 Å². The minimum Gasteiger partial charge on any atom is -0.458 e. The van der Waals surface area contributed by atoms with Crippen molar-refractivity contribution in [3.05, 3.63) is 5.69 Å². The van der Waals surface area contributed by atoms with E-state index in [9.17, 15) is 13.2 Å². The van der Waals surface area contributed by atoms with Crippen molar-refractivity contribution in [1.29, 1.82) is 0 Å². The van der Waals surface area contributed by atoms with Gasteiger partial charge in [0, 0.05) is 27.2 Å². The molecule has 1 aliphatic heterocycles. The van der Waals surface area contributed by atoms with Crippen molar-refractivity contribution < 1.29 is 27.3 Å². The first-order valence-electron chi connectivity index (χ1n) is 7.06. The zero-order valence-electron chi connectivity index (χ0n) is 13.3. The third kappa shape index (κ3) is 3.38. The van der Waals surface area contributed by atoms with E-state index in [1.54, 1.807) is 11.9 Å². The third-order valence-electron chi connectivity index (χ3n) is 3.39. The summed E-state index contributed by atoms with van der Waals surface area (Å²) in [5, 5.41) is 5.40. The molecule has 23 heavy (non-hydrogen) atoms. The van der Waals surface area contributed by atoms with Crippen LogP contribution in [0, 0.1) is 0 Å². The van der Waals surface area contributed by atoms with E-state index in [1.807, 2.05) is 0 Å². The molecule has 0 aromatic carbocycles. The van der Waals surface area contributed by atoms with E-state index < -0.39 is 16.2 Å². The summed E-state index contributed by atoms with van der Waals surface area (Å²) in [7, 11) is -0.505. The molecule has 2 rings (SSSR count). The van der Waals surface area contributed by atoms with Gasteiger partial charge in [0.05, 0.1) is 24.5 Å². The number of nitrogens with zero attached hydrogens (tertiary/aromatic N) is 5. The molecule has 2 heterocycles. The number of aromatic nitrogens is 2. The molecule has 130 valence electrons. The van der Waals surface area contributed by atoms with Crippen molar-refractivity contribution in [3.8, 4) is 0 Å². The first-order chi connectivity index (χ1) is 10.8. The van der Waals surface area contributed by atoms with Crippen LogP contribution in [0.3, 0.4) is 0 Å². The van der Waals surface area contributed by atoms with E-state index >= 15 is 0 Å². The number of carbonyl (C=O) groups excluding carboxylic acids is 1. The summed E-state index contributed by atoms with van der Waals surface area (Å²) in [6, 6.07) is 0. The molecule has 0 spiro atoms. The van der Waals surface area contributed by atoms with Crippen LogP contribution in [0.1, 0.15) is 17.4 Å². The van der Waals surface area contributed by atoms with Gasteiger partial charge in [-0.05, 0) is 6.92 Å². The molecule has 2 N–H and O–H groups in total. The van der Waals surface area contributed by atoms with E-state index in [1.165, 1.54) is 23.2 Å². The molecule has 11 nitrogen and oxygen atoms in total. The second-order valence-corrected chi connectivity index (χ2v) is 7.18. The highest BCUT2D eigenvalue weighted by Crippen LogP contribution is 2.10. The lowest BCUT2D eigenvalue weighted by Crippen LogP contribution is -2.68. The van der Waals surface area contributed by atoms with Gasteiger partial charge in [-0.3, -0.25) is 4.52 Å². The Morgan fingerprint density at radius 2 is 2.00 bits per heavy atom. The molecular formula is C11H21N6O5S+. The lowest BCUT2D eigenvalue weighted by Gasteiger charge is -2.31. The molecule has 1 saturated heterocycles. The van der Waals surface area contributed by atoms with Crippen molar-refractivity contribution in [2.75, 3.05) is 57.6 Å². The normalized spacial score (nSPS) is 16.8. The average Bonchev–Trinajstić information content (AvgIpc) is 2.89. The van der Waals surface area contributed by atoms with Gasteiger partial charge in [-0.25, -0.2) is 4.79 Å². The van der Waals surface area contributed by atoms with Gasteiger partial charge in [0.1, 0.15) is 0 Å². The maximum Gasteiger partial charge on any atom is 0.415 e. The van der Waals surface area contributed by atoms with Crippen LogP contribution in [-0.2, 0) is 14.9 Å². The Balaban J connectivity index is 2.14. The number of nitrogen functional groups attached to an aromatic ring is 1. The molecule has 0 unspecified atom stereocenters. The molecule has 1 aromatic rings. The van der Waals surface area contributed by atoms with Gasteiger partial charge in [0.2, 0.25) is 5.27 Å². The zero-order chi connectivity index (χ0) is 17.2. The maximum atomic E-state index is 12.1. The van der Waals surface area contributed by atoms with Crippen LogP contribution in [0.4, 0.5) is 5.88 Å². The molecule has 0 bridgehead atoms. The monoisotopic (exact) mass is 349 g/mol. The smallest absolute Gasteiger partial charge is 0.415 e. The number of esters is 1. The predicted octanol–water partition coefficient (Wildman–Crippen LogP) is -2.22. The molecule has 0 radical (unpaired) electrons. The molecule has 0 atom stereocenters. The fourth-order valence-electron chi connectivity index (χ4n) is 2.17. The summed E-state index contributed by atoms with van der Waals surface area (Å²) >= 11 is 0. The Kier molecular flexibility index (Phi) is 5.06. The standard InChI is InChI=1S/C11H20N6O5S/c1-4-21-11(18)9-10(12)22-13-17(9)15-5-7-16(8-6-15)23(19,20)14(2)3/h4-8H2,1-3H3,(H-,12,13,18)/p+1. The summed E-state index contributed by atoms with van der Waals surface area (Å²) in [4.78, 5) is 13.2. The molecule has 1 aromatic heterocycles. The van der Waals surface area contributed by atoms with E-state index in [0.29, 0.717) is 13.1 Å². The van der Waals surface area contributed by atoms with Crippen molar-refractivity contribution >= 4 is 22.1 Å². The number of carbonyl (C=O) groups is 1. The zero-order valence-corrected chi connectivity index (χ0v) is 14.1. The Hall–Kier alpha value is -1.92. The average molecular weight is 349 g/mol. The summed E-state index contributed by atoms with van der Waals surface area (Å²) < 4.78 is 36.5. The van der Waals surface area contributed by atoms with Crippen molar-refractivity contribution in [1.82, 2.24) is 13.9 Å². The largest absolute Gasteiger partial charge is 0.458 e. The Morgan fingerprint density at radius 1 is 1.39 bits per heavy atom. The molecule has 1 fully saturated rings. The van der Waals surface area contributed by atoms with Crippen molar-refractivity contribution in [2.24, 2.45) is 0 Å². The maximum absolute atomic E-state index is 12.1. The second kappa shape index (κ2) is 6.68. The number of hydrogen-bond acceptors (Lipinski definition) is 8. The van der Waals surface area contributed by atoms with Crippen molar-refractivity contribution in [3.63, 3.8) is 0 Å². The lowest BCUT2D eigenvalue weighted by molar-refractivity contribution is -0.760. The molecule has 1 aliphatic rings. The Morgan fingerprint density at radius 3 is 2.52 bits per heavy atom. The SMILES string of the molecule is CCOC(=O)c1c(N)on[n+]1N1CCN(S(=O)(=O)N(C)C)CC1. The van der Waals surface area contributed by atoms with Gasteiger partial charge in [-0.2, -0.15) is 17.0 Å². The first kappa shape index (κ1) is 17.4. The highest BCUT2D eigenvalue weighted by Gasteiger charge is 2.39. The van der Waals surface area contributed by atoms with Crippen LogP contribution in [0.25, 0.3) is 0 Å². The molecular weight excluding hydrogens is 328 g/mol. The fraction of sp³-hybridized carbons (Fsp3) is 0.727. The Labute approximate surface area is 134 Å². The summed E-state index contributed by atoms with van der Waals surface area (Å²) in [6.45, 7) is 3.03. The topological polar surface area (TPSA) is 126 Å². The number of hydrogen-bond donors (Lipinski definition) is 1. The fourth-order valence-corrected chi connectivity index (χ4v) is 3.26. The number of piperazine rings is 1. The second-order valence-electron chi connectivity index (χ2n) is 5.04.